The molecule has 0 atom stereocenters. The number of anilines is 2. The van der Waals surface area contributed by atoms with E-state index < -0.39 is 0 Å². The lowest BCUT2D eigenvalue weighted by molar-refractivity contribution is 0.122. The van der Waals surface area contributed by atoms with Crippen LogP contribution in [0.25, 0.3) is 0 Å². The SMILES string of the molecule is Fc1cc2c(cc1N1CCOCC1)NCC2. The largest absolute Gasteiger partial charge is 0.384 e. The highest BCUT2D eigenvalue weighted by molar-refractivity contribution is 5.65. The van der Waals surface area contributed by atoms with Gasteiger partial charge in [0.15, 0.2) is 0 Å². The van der Waals surface area contributed by atoms with Gasteiger partial charge in [-0.05, 0) is 24.1 Å². The van der Waals surface area contributed by atoms with E-state index in [-0.39, 0.29) is 5.82 Å². The summed E-state index contributed by atoms with van der Waals surface area (Å²) < 4.78 is 19.2. The smallest absolute Gasteiger partial charge is 0.146 e. The molecule has 16 heavy (non-hydrogen) atoms. The minimum absolute atomic E-state index is 0.107. The molecule has 1 aromatic rings. The van der Waals surface area contributed by atoms with E-state index in [9.17, 15) is 4.39 Å². The second-order valence-corrected chi connectivity index (χ2v) is 4.24. The third-order valence-electron chi connectivity index (χ3n) is 3.23. The zero-order chi connectivity index (χ0) is 11.0. The summed E-state index contributed by atoms with van der Waals surface area (Å²) in [5.74, 6) is -0.107. The Morgan fingerprint density at radius 2 is 2.06 bits per heavy atom. The molecular weight excluding hydrogens is 207 g/mol. The van der Waals surface area contributed by atoms with Gasteiger partial charge in [-0.2, -0.15) is 0 Å². The van der Waals surface area contributed by atoms with Gasteiger partial charge >= 0.3 is 0 Å². The predicted molar refractivity (Wildman–Crippen MR) is 61.6 cm³/mol. The van der Waals surface area contributed by atoms with E-state index >= 15 is 0 Å². The molecule has 1 N–H and O–H groups in total. The number of hydrogen-bond acceptors (Lipinski definition) is 3. The molecule has 1 saturated heterocycles. The quantitative estimate of drug-likeness (QED) is 0.781. The monoisotopic (exact) mass is 222 g/mol. The van der Waals surface area contributed by atoms with Gasteiger partial charge in [0.05, 0.1) is 18.9 Å². The molecule has 0 saturated carbocycles. The lowest BCUT2D eigenvalue weighted by Crippen LogP contribution is -2.36. The van der Waals surface area contributed by atoms with Crippen molar-refractivity contribution in [2.45, 2.75) is 6.42 Å². The second-order valence-electron chi connectivity index (χ2n) is 4.24. The third-order valence-corrected chi connectivity index (χ3v) is 3.23. The molecule has 0 bridgehead atoms. The highest BCUT2D eigenvalue weighted by Gasteiger charge is 2.19. The average molecular weight is 222 g/mol. The van der Waals surface area contributed by atoms with E-state index in [1.54, 1.807) is 6.07 Å². The molecule has 3 rings (SSSR count). The zero-order valence-corrected chi connectivity index (χ0v) is 9.13. The summed E-state index contributed by atoms with van der Waals surface area (Å²) in [4.78, 5) is 2.05. The molecule has 0 radical (unpaired) electrons. The first-order chi connectivity index (χ1) is 7.84. The van der Waals surface area contributed by atoms with Crippen molar-refractivity contribution in [3.63, 3.8) is 0 Å². The second kappa shape index (κ2) is 3.94. The highest BCUT2D eigenvalue weighted by atomic mass is 19.1. The number of hydrogen-bond donors (Lipinski definition) is 1. The first-order valence-electron chi connectivity index (χ1n) is 5.73. The van der Waals surface area contributed by atoms with Crippen LogP contribution in [-0.4, -0.2) is 32.8 Å². The van der Waals surface area contributed by atoms with Gasteiger partial charge < -0.3 is 15.0 Å². The summed E-state index contributed by atoms with van der Waals surface area (Å²) in [6, 6.07) is 3.60. The maximum Gasteiger partial charge on any atom is 0.146 e. The summed E-state index contributed by atoms with van der Waals surface area (Å²) in [5, 5.41) is 3.28. The molecule has 1 fully saturated rings. The Morgan fingerprint density at radius 3 is 2.88 bits per heavy atom. The van der Waals surface area contributed by atoms with Gasteiger partial charge in [-0.25, -0.2) is 4.39 Å². The van der Waals surface area contributed by atoms with Crippen LogP contribution >= 0.6 is 0 Å². The van der Waals surface area contributed by atoms with Crippen LogP contribution in [0.3, 0.4) is 0 Å². The molecule has 1 aromatic carbocycles. The number of fused-ring (bicyclic) bond motifs is 1. The Hall–Kier alpha value is -1.29. The van der Waals surface area contributed by atoms with E-state index in [2.05, 4.69) is 10.2 Å². The number of nitrogens with zero attached hydrogens (tertiary/aromatic N) is 1. The molecule has 4 heteroatoms. The van der Waals surface area contributed by atoms with E-state index in [1.807, 2.05) is 6.07 Å². The molecule has 86 valence electrons. The van der Waals surface area contributed by atoms with Crippen LogP contribution in [0.4, 0.5) is 15.8 Å². The van der Waals surface area contributed by atoms with Gasteiger partial charge in [-0.3, -0.25) is 0 Å². The van der Waals surface area contributed by atoms with Crippen LogP contribution < -0.4 is 10.2 Å². The lowest BCUT2D eigenvalue weighted by atomic mass is 10.1. The Morgan fingerprint density at radius 1 is 1.25 bits per heavy atom. The molecule has 0 unspecified atom stereocenters. The fraction of sp³-hybridized carbons (Fsp3) is 0.500. The van der Waals surface area contributed by atoms with Crippen molar-refractivity contribution < 1.29 is 9.13 Å². The molecule has 0 aromatic heterocycles. The Kier molecular flexibility index (Phi) is 2.44. The van der Waals surface area contributed by atoms with Crippen molar-refractivity contribution in [3.05, 3.63) is 23.5 Å². The molecular formula is C12H15FN2O. The minimum Gasteiger partial charge on any atom is -0.384 e. The van der Waals surface area contributed by atoms with Crippen molar-refractivity contribution in [2.24, 2.45) is 0 Å². The standard InChI is InChI=1S/C12H15FN2O/c13-10-7-9-1-2-14-11(9)8-12(10)15-3-5-16-6-4-15/h7-8,14H,1-6H2. The molecule has 0 amide bonds. The summed E-state index contributed by atoms with van der Waals surface area (Å²) in [6.45, 7) is 3.83. The van der Waals surface area contributed by atoms with Crippen molar-refractivity contribution in [1.82, 2.24) is 0 Å². The summed E-state index contributed by atoms with van der Waals surface area (Å²) in [5.41, 5.74) is 2.88. The van der Waals surface area contributed by atoms with E-state index in [0.29, 0.717) is 18.9 Å². The predicted octanol–water partition coefficient (Wildman–Crippen LogP) is 1.63. The number of halogens is 1. The molecule has 2 aliphatic rings. The van der Waals surface area contributed by atoms with Gasteiger partial charge in [-0.15, -0.1) is 0 Å². The van der Waals surface area contributed by atoms with Crippen LogP contribution in [-0.2, 0) is 11.2 Å². The highest BCUT2D eigenvalue weighted by Crippen LogP contribution is 2.30. The van der Waals surface area contributed by atoms with Crippen LogP contribution in [0.5, 0.6) is 0 Å². The number of benzene rings is 1. The van der Waals surface area contributed by atoms with Crippen molar-refractivity contribution in [1.29, 1.82) is 0 Å². The molecule has 0 spiro atoms. The van der Waals surface area contributed by atoms with Gasteiger partial charge in [-0.1, -0.05) is 0 Å². The van der Waals surface area contributed by atoms with Crippen molar-refractivity contribution in [3.8, 4) is 0 Å². The number of morpholine rings is 1. The van der Waals surface area contributed by atoms with E-state index in [1.165, 1.54) is 0 Å². The lowest BCUT2D eigenvalue weighted by Gasteiger charge is -2.29. The zero-order valence-electron chi connectivity index (χ0n) is 9.13. The fourth-order valence-corrected chi connectivity index (χ4v) is 2.35. The summed E-state index contributed by atoms with van der Waals surface area (Å²) >= 11 is 0. The summed E-state index contributed by atoms with van der Waals surface area (Å²) in [6.07, 6.45) is 0.926. The van der Waals surface area contributed by atoms with Crippen LogP contribution in [0.1, 0.15) is 5.56 Å². The first-order valence-corrected chi connectivity index (χ1v) is 5.73. The van der Waals surface area contributed by atoms with Crippen LogP contribution in [0.2, 0.25) is 0 Å². The van der Waals surface area contributed by atoms with Crippen LogP contribution in [0, 0.1) is 5.82 Å². The molecule has 3 nitrogen and oxygen atoms in total. The topological polar surface area (TPSA) is 24.5 Å². The number of ether oxygens (including phenoxy) is 1. The Bertz CT molecular complexity index is 402. The number of nitrogens with one attached hydrogen (secondary N) is 1. The van der Waals surface area contributed by atoms with Gasteiger partial charge in [0.25, 0.3) is 0 Å². The van der Waals surface area contributed by atoms with E-state index in [4.69, 9.17) is 4.74 Å². The number of rotatable bonds is 1. The third kappa shape index (κ3) is 1.63. The Balaban J connectivity index is 1.94. The van der Waals surface area contributed by atoms with Crippen molar-refractivity contribution >= 4 is 11.4 Å². The normalized spacial score (nSPS) is 19.4. The molecule has 2 heterocycles. The summed E-state index contributed by atoms with van der Waals surface area (Å²) in [7, 11) is 0. The molecule has 0 aliphatic carbocycles. The molecule has 2 aliphatic heterocycles. The fourth-order valence-electron chi connectivity index (χ4n) is 2.35. The van der Waals surface area contributed by atoms with Gasteiger partial charge in [0.2, 0.25) is 0 Å². The average Bonchev–Trinajstić information content (AvgIpc) is 2.76. The van der Waals surface area contributed by atoms with Crippen LogP contribution in [0.15, 0.2) is 12.1 Å². The van der Waals surface area contributed by atoms with Crippen molar-refractivity contribution in [2.75, 3.05) is 43.1 Å². The van der Waals surface area contributed by atoms with Gasteiger partial charge in [0, 0.05) is 25.3 Å². The first kappa shape index (κ1) is 9.90. The maximum atomic E-state index is 13.9. The Labute approximate surface area is 94.2 Å². The van der Waals surface area contributed by atoms with Gasteiger partial charge in [0.1, 0.15) is 5.82 Å². The van der Waals surface area contributed by atoms with E-state index in [0.717, 1.165) is 37.3 Å². The minimum atomic E-state index is -0.107. The maximum absolute atomic E-state index is 13.9.